The lowest BCUT2D eigenvalue weighted by Gasteiger charge is -2.10. The van der Waals surface area contributed by atoms with Crippen molar-refractivity contribution in [2.45, 2.75) is 19.1 Å². The van der Waals surface area contributed by atoms with Crippen LogP contribution in [0.15, 0.2) is 28.8 Å². The highest BCUT2D eigenvalue weighted by Gasteiger charge is 2.38. The van der Waals surface area contributed by atoms with Gasteiger partial charge in [0.05, 0.1) is 6.61 Å². The minimum atomic E-state index is -4.70. The van der Waals surface area contributed by atoms with Gasteiger partial charge in [-0.05, 0) is 19.1 Å². The summed E-state index contributed by atoms with van der Waals surface area (Å²) < 4.78 is 41.3. The lowest BCUT2D eigenvalue weighted by atomic mass is 10.1. The van der Waals surface area contributed by atoms with Crippen LogP contribution in [0.1, 0.15) is 23.2 Å². The van der Waals surface area contributed by atoms with Gasteiger partial charge in [-0.2, -0.15) is 18.2 Å². The summed E-state index contributed by atoms with van der Waals surface area (Å²) >= 11 is 0. The summed E-state index contributed by atoms with van der Waals surface area (Å²) in [4.78, 5) is 15.0. The molecule has 0 aliphatic carbocycles. The van der Waals surface area contributed by atoms with Crippen molar-refractivity contribution in [3.8, 4) is 11.4 Å². The fraction of sp³-hybridized carbons (Fsp3) is 0.308. The van der Waals surface area contributed by atoms with Gasteiger partial charge in [0.25, 0.3) is 5.91 Å². The van der Waals surface area contributed by atoms with Gasteiger partial charge < -0.3 is 14.9 Å². The molecule has 0 aliphatic heterocycles. The zero-order valence-electron chi connectivity index (χ0n) is 11.4. The van der Waals surface area contributed by atoms with Crippen molar-refractivity contribution in [1.82, 2.24) is 15.5 Å². The monoisotopic (exact) mass is 315 g/mol. The fourth-order valence-corrected chi connectivity index (χ4v) is 1.58. The Bertz CT molecular complexity index is 653. The topological polar surface area (TPSA) is 88.2 Å². The lowest BCUT2D eigenvalue weighted by Crippen LogP contribution is -2.34. The van der Waals surface area contributed by atoms with Crippen LogP contribution in [0.5, 0.6) is 0 Å². The number of halogens is 3. The van der Waals surface area contributed by atoms with Gasteiger partial charge in [0.1, 0.15) is 0 Å². The summed E-state index contributed by atoms with van der Waals surface area (Å²) in [6, 6.07) is 5.24. The molecule has 9 heteroatoms. The van der Waals surface area contributed by atoms with Crippen molar-refractivity contribution in [3.05, 3.63) is 35.7 Å². The van der Waals surface area contributed by atoms with E-state index in [0.29, 0.717) is 5.56 Å². The first kappa shape index (κ1) is 16.0. The van der Waals surface area contributed by atoms with Crippen LogP contribution in [0.3, 0.4) is 0 Å². The van der Waals surface area contributed by atoms with Gasteiger partial charge in [0, 0.05) is 17.2 Å². The molecule has 2 N–H and O–H groups in total. The molecule has 2 rings (SSSR count). The summed E-state index contributed by atoms with van der Waals surface area (Å²) in [6.45, 7) is 1.43. The largest absolute Gasteiger partial charge is 0.471 e. The highest BCUT2D eigenvalue weighted by atomic mass is 19.4. The van der Waals surface area contributed by atoms with Gasteiger partial charge in [0.2, 0.25) is 5.82 Å². The first-order valence-electron chi connectivity index (χ1n) is 6.24. The predicted molar refractivity (Wildman–Crippen MR) is 68.8 cm³/mol. The molecule has 1 aromatic carbocycles. The van der Waals surface area contributed by atoms with Gasteiger partial charge in [-0.15, -0.1) is 0 Å². The van der Waals surface area contributed by atoms with Crippen LogP contribution in [0.2, 0.25) is 0 Å². The summed E-state index contributed by atoms with van der Waals surface area (Å²) in [5.41, 5.74) is 0.578. The van der Waals surface area contributed by atoms with Gasteiger partial charge in [0.15, 0.2) is 0 Å². The molecule has 0 saturated carbocycles. The first-order valence-corrected chi connectivity index (χ1v) is 6.24. The first-order chi connectivity index (χ1) is 10.3. The van der Waals surface area contributed by atoms with E-state index >= 15 is 0 Å². The van der Waals surface area contributed by atoms with Gasteiger partial charge in [-0.3, -0.25) is 4.79 Å². The molecule has 1 atom stereocenters. The number of aliphatic hydroxyl groups excluding tert-OH is 1. The Morgan fingerprint density at radius 1 is 1.36 bits per heavy atom. The van der Waals surface area contributed by atoms with Gasteiger partial charge in [-0.1, -0.05) is 17.3 Å². The second-order valence-corrected chi connectivity index (χ2v) is 4.56. The second-order valence-electron chi connectivity index (χ2n) is 4.56. The molecule has 0 bridgehead atoms. The molecule has 22 heavy (non-hydrogen) atoms. The van der Waals surface area contributed by atoms with Crippen LogP contribution in [0, 0.1) is 0 Å². The highest BCUT2D eigenvalue weighted by Crippen LogP contribution is 2.29. The molecule has 1 aromatic heterocycles. The second kappa shape index (κ2) is 6.14. The Morgan fingerprint density at radius 3 is 2.50 bits per heavy atom. The Balaban J connectivity index is 2.15. The number of nitrogens with one attached hydrogen (secondary N) is 1. The third kappa shape index (κ3) is 3.61. The molecule has 1 amide bonds. The molecule has 0 aliphatic rings. The molecular formula is C13H12F3N3O3. The van der Waals surface area contributed by atoms with E-state index < -0.39 is 24.0 Å². The maximum absolute atomic E-state index is 12.4. The maximum atomic E-state index is 12.4. The number of hydrogen-bond donors (Lipinski definition) is 2. The van der Waals surface area contributed by atoms with Gasteiger partial charge in [-0.25, -0.2) is 0 Å². The number of benzene rings is 1. The Hall–Kier alpha value is -2.42. The van der Waals surface area contributed by atoms with E-state index in [2.05, 4.69) is 20.0 Å². The quantitative estimate of drug-likeness (QED) is 0.899. The van der Waals surface area contributed by atoms with Crippen LogP contribution in [0.4, 0.5) is 13.2 Å². The van der Waals surface area contributed by atoms with E-state index in [1.165, 1.54) is 24.3 Å². The molecule has 0 spiro atoms. The van der Waals surface area contributed by atoms with Crippen molar-refractivity contribution < 1.29 is 27.6 Å². The molecule has 0 unspecified atom stereocenters. The zero-order chi connectivity index (χ0) is 16.3. The average Bonchev–Trinajstić information content (AvgIpc) is 2.97. The van der Waals surface area contributed by atoms with Crippen LogP contribution >= 0.6 is 0 Å². The summed E-state index contributed by atoms with van der Waals surface area (Å²) in [5.74, 6) is -2.05. The summed E-state index contributed by atoms with van der Waals surface area (Å²) in [5, 5.41) is 14.6. The molecule has 0 fully saturated rings. The van der Waals surface area contributed by atoms with Crippen LogP contribution < -0.4 is 5.32 Å². The molecule has 6 nitrogen and oxygen atoms in total. The molecule has 0 radical (unpaired) electrons. The van der Waals surface area contributed by atoms with Gasteiger partial charge >= 0.3 is 12.1 Å². The number of carbonyl (C=O) groups is 1. The normalized spacial score (nSPS) is 13.0. The van der Waals surface area contributed by atoms with Crippen molar-refractivity contribution in [1.29, 1.82) is 0 Å². The number of aromatic nitrogens is 2. The van der Waals surface area contributed by atoms with Crippen LogP contribution in [-0.2, 0) is 6.18 Å². The van der Waals surface area contributed by atoms with E-state index in [9.17, 15) is 18.0 Å². The number of alkyl halides is 3. The van der Waals surface area contributed by atoms with Crippen molar-refractivity contribution in [2.75, 3.05) is 6.61 Å². The highest BCUT2D eigenvalue weighted by molar-refractivity contribution is 5.94. The molecule has 2 aromatic rings. The third-order valence-corrected chi connectivity index (χ3v) is 2.73. The number of hydrogen-bond acceptors (Lipinski definition) is 5. The number of amides is 1. The molecular weight excluding hydrogens is 303 g/mol. The van der Waals surface area contributed by atoms with Crippen molar-refractivity contribution in [2.24, 2.45) is 0 Å². The number of aliphatic hydroxyl groups is 1. The Kier molecular flexibility index (Phi) is 4.45. The minimum absolute atomic E-state index is 0.201. The standard InChI is InChI=1S/C13H12F3N3O3/c1-7(6-20)17-11(21)9-4-2-8(3-5-9)10-18-12(22-19-10)13(14,15)16/h2-5,7,20H,6H2,1H3,(H,17,21)/t7-/m0/s1. The SMILES string of the molecule is C[C@@H](CO)NC(=O)c1ccc(-c2noc(C(F)(F)F)n2)cc1. The fourth-order valence-electron chi connectivity index (χ4n) is 1.58. The molecule has 1 heterocycles. The predicted octanol–water partition coefficient (Wildman–Crippen LogP) is 1.87. The number of carbonyl (C=O) groups excluding carboxylic acids is 1. The van der Waals surface area contributed by atoms with Crippen LogP contribution in [0.25, 0.3) is 11.4 Å². The minimum Gasteiger partial charge on any atom is -0.394 e. The maximum Gasteiger partial charge on any atom is 0.471 e. The zero-order valence-corrected chi connectivity index (χ0v) is 11.4. The number of nitrogens with zero attached hydrogens (tertiary/aromatic N) is 2. The van der Waals surface area contributed by atoms with Crippen molar-refractivity contribution >= 4 is 5.91 Å². The average molecular weight is 315 g/mol. The third-order valence-electron chi connectivity index (χ3n) is 2.73. The number of rotatable bonds is 4. The van der Waals surface area contributed by atoms with Crippen LogP contribution in [-0.4, -0.2) is 33.8 Å². The molecule has 0 saturated heterocycles. The molecule has 118 valence electrons. The van der Waals surface area contributed by atoms with E-state index in [-0.39, 0.29) is 18.0 Å². The Morgan fingerprint density at radius 2 is 2.00 bits per heavy atom. The summed E-state index contributed by atoms with van der Waals surface area (Å²) in [7, 11) is 0. The van der Waals surface area contributed by atoms with E-state index in [1.807, 2.05) is 0 Å². The Labute approximate surface area is 123 Å². The van der Waals surface area contributed by atoms with E-state index in [1.54, 1.807) is 6.92 Å². The summed E-state index contributed by atoms with van der Waals surface area (Å²) in [6.07, 6.45) is -4.70. The van der Waals surface area contributed by atoms with E-state index in [4.69, 9.17) is 5.11 Å². The smallest absolute Gasteiger partial charge is 0.394 e. The van der Waals surface area contributed by atoms with E-state index in [0.717, 1.165) is 0 Å². The lowest BCUT2D eigenvalue weighted by molar-refractivity contribution is -0.159. The van der Waals surface area contributed by atoms with Crippen molar-refractivity contribution in [3.63, 3.8) is 0 Å².